The van der Waals surface area contributed by atoms with E-state index >= 15 is 0 Å². The van der Waals surface area contributed by atoms with Gasteiger partial charge in [0.2, 0.25) is 0 Å². The molecule has 182 valence electrons. The zero-order valence-corrected chi connectivity index (χ0v) is 21.2. The van der Waals surface area contributed by atoms with Gasteiger partial charge in [0.05, 0.1) is 25.8 Å². The van der Waals surface area contributed by atoms with Gasteiger partial charge in [0.25, 0.3) is 6.43 Å². The summed E-state index contributed by atoms with van der Waals surface area (Å²) in [7, 11) is 0. The van der Waals surface area contributed by atoms with E-state index in [0.717, 1.165) is 62.5 Å². The second-order valence-electron chi connectivity index (χ2n) is 8.25. The van der Waals surface area contributed by atoms with Gasteiger partial charge in [0.15, 0.2) is 5.96 Å². The molecule has 2 fully saturated rings. The van der Waals surface area contributed by atoms with E-state index in [0.29, 0.717) is 26.2 Å². The van der Waals surface area contributed by atoms with Crippen LogP contribution in [0.4, 0.5) is 8.78 Å². The fourth-order valence-electron chi connectivity index (χ4n) is 4.01. The normalized spacial score (nSPS) is 19.1. The first-order valence-electron chi connectivity index (χ1n) is 11.4. The molecule has 2 aliphatic rings. The van der Waals surface area contributed by atoms with Crippen LogP contribution in [0.5, 0.6) is 0 Å². The molecule has 0 aromatic heterocycles. The number of nitrogens with one attached hydrogen (secondary N) is 2. The van der Waals surface area contributed by atoms with Crippen molar-refractivity contribution < 1.29 is 18.3 Å². The van der Waals surface area contributed by atoms with Gasteiger partial charge in [0, 0.05) is 38.9 Å². The van der Waals surface area contributed by atoms with Crippen molar-refractivity contribution in [3.63, 3.8) is 0 Å². The highest BCUT2D eigenvalue weighted by atomic mass is 127. The van der Waals surface area contributed by atoms with Crippen LogP contribution in [0.1, 0.15) is 43.7 Å². The van der Waals surface area contributed by atoms with Gasteiger partial charge < -0.3 is 20.1 Å². The third kappa shape index (κ3) is 9.84. The molecule has 0 amide bonds. The van der Waals surface area contributed by atoms with Crippen molar-refractivity contribution >= 4 is 29.9 Å². The highest BCUT2D eigenvalue weighted by Gasteiger charge is 2.22. The van der Waals surface area contributed by atoms with E-state index in [1.165, 1.54) is 0 Å². The van der Waals surface area contributed by atoms with Crippen LogP contribution in [0.15, 0.2) is 29.3 Å². The lowest BCUT2D eigenvalue weighted by atomic mass is 10.1. The number of guanidine groups is 1. The van der Waals surface area contributed by atoms with E-state index in [-0.39, 0.29) is 42.7 Å². The molecule has 0 radical (unpaired) electrons. The first-order chi connectivity index (χ1) is 15.1. The van der Waals surface area contributed by atoms with Gasteiger partial charge in [-0.05, 0) is 43.7 Å². The number of hydrogen-bond donors (Lipinski definition) is 2. The molecule has 0 unspecified atom stereocenters. The van der Waals surface area contributed by atoms with Crippen LogP contribution in [0, 0.1) is 0 Å². The highest BCUT2D eigenvalue weighted by molar-refractivity contribution is 14.0. The summed E-state index contributed by atoms with van der Waals surface area (Å²) in [5.74, 6) is 0.777. The first-order valence-corrected chi connectivity index (χ1v) is 11.4. The molecule has 2 heterocycles. The Kier molecular flexibility index (Phi) is 12.7. The van der Waals surface area contributed by atoms with Crippen LogP contribution in [0.25, 0.3) is 0 Å². The summed E-state index contributed by atoms with van der Waals surface area (Å²) < 4.78 is 36.5. The fraction of sp³-hybridized carbons (Fsp3) is 0.696. The molecular formula is C23H37F2IN4O2. The van der Waals surface area contributed by atoms with Crippen molar-refractivity contribution in [3.8, 4) is 0 Å². The molecule has 2 saturated heterocycles. The van der Waals surface area contributed by atoms with E-state index in [1.807, 2.05) is 17.9 Å². The zero-order valence-electron chi connectivity index (χ0n) is 18.9. The van der Waals surface area contributed by atoms with E-state index in [2.05, 4.69) is 28.8 Å². The molecule has 3 rings (SSSR count). The summed E-state index contributed by atoms with van der Waals surface area (Å²) in [5, 5.41) is 6.77. The molecule has 0 atom stereocenters. The number of piperidine rings is 1. The van der Waals surface area contributed by atoms with E-state index in [9.17, 15) is 8.78 Å². The molecular weight excluding hydrogens is 529 g/mol. The molecule has 2 N–H and O–H groups in total. The van der Waals surface area contributed by atoms with E-state index < -0.39 is 6.43 Å². The minimum Gasteiger partial charge on any atom is -0.381 e. The van der Waals surface area contributed by atoms with Crippen molar-refractivity contribution in [1.82, 2.24) is 15.5 Å². The number of ether oxygens (including phenoxy) is 2. The van der Waals surface area contributed by atoms with Gasteiger partial charge >= 0.3 is 0 Å². The van der Waals surface area contributed by atoms with Crippen molar-refractivity contribution in [3.05, 3.63) is 35.4 Å². The van der Waals surface area contributed by atoms with Gasteiger partial charge in [-0.15, -0.1) is 24.0 Å². The standard InChI is InChI=1S/C23H36F2N4O2.HI/c1-2-26-23(28-20-6-10-29(11-7-20)16-22(24)25)27-15-18-4-3-5-19(14-18)17-31-21-8-12-30-13-9-21;/h3-5,14,20-22H,2,6-13,15-17H2,1H3,(H2,26,27,28);1H. The summed E-state index contributed by atoms with van der Waals surface area (Å²) in [6, 6.07) is 8.62. The van der Waals surface area contributed by atoms with Crippen LogP contribution in [-0.2, 0) is 22.6 Å². The molecule has 0 saturated carbocycles. The number of aliphatic imine (C=N–C) groups is 1. The second-order valence-corrected chi connectivity index (χ2v) is 8.25. The van der Waals surface area contributed by atoms with Gasteiger partial charge in [-0.2, -0.15) is 0 Å². The SMILES string of the molecule is CCNC(=NCc1cccc(COC2CCOCC2)c1)NC1CCN(CC(F)F)CC1.I. The monoisotopic (exact) mass is 566 g/mol. The number of hydrogen-bond acceptors (Lipinski definition) is 4. The lowest BCUT2D eigenvalue weighted by Crippen LogP contribution is -2.49. The maximum absolute atomic E-state index is 12.6. The van der Waals surface area contributed by atoms with Crippen molar-refractivity contribution in [1.29, 1.82) is 0 Å². The van der Waals surface area contributed by atoms with E-state index in [1.54, 1.807) is 0 Å². The highest BCUT2D eigenvalue weighted by Crippen LogP contribution is 2.15. The predicted molar refractivity (Wildman–Crippen MR) is 134 cm³/mol. The summed E-state index contributed by atoms with van der Waals surface area (Å²) in [4.78, 5) is 6.57. The topological polar surface area (TPSA) is 58.1 Å². The molecule has 9 heteroatoms. The Hall–Kier alpha value is -1.04. The van der Waals surface area contributed by atoms with Crippen LogP contribution in [0.3, 0.4) is 0 Å². The molecule has 6 nitrogen and oxygen atoms in total. The number of alkyl halides is 2. The molecule has 0 bridgehead atoms. The zero-order chi connectivity index (χ0) is 21.9. The van der Waals surface area contributed by atoms with Crippen LogP contribution in [-0.4, -0.2) is 68.8 Å². The van der Waals surface area contributed by atoms with E-state index in [4.69, 9.17) is 14.5 Å². The average molecular weight is 566 g/mol. The second kappa shape index (κ2) is 15.0. The Balaban J connectivity index is 0.00000363. The Morgan fingerprint density at radius 1 is 1.19 bits per heavy atom. The Morgan fingerprint density at radius 2 is 1.91 bits per heavy atom. The van der Waals surface area contributed by atoms with Gasteiger partial charge in [-0.25, -0.2) is 13.8 Å². The molecule has 32 heavy (non-hydrogen) atoms. The largest absolute Gasteiger partial charge is 0.381 e. The summed E-state index contributed by atoms with van der Waals surface area (Å²) in [6.07, 6.45) is 1.63. The van der Waals surface area contributed by atoms with Gasteiger partial charge in [-0.3, -0.25) is 4.90 Å². The smallest absolute Gasteiger partial charge is 0.251 e. The summed E-state index contributed by atoms with van der Waals surface area (Å²) >= 11 is 0. The molecule has 1 aromatic carbocycles. The number of rotatable bonds is 9. The Morgan fingerprint density at radius 3 is 2.59 bits per heavy atom. The third-order valence-corrected chi connectivity index (χ3v) is 5.73. The maximum Gasteiger partial charge on any atom is 0.251 e. The van der Waals surface area contributed by atoms with Crippen LogP contribution >= 0.6 is 24.0 Å². The van der Waals surface area contributed by atoms with Crippen LogP contribution < -0.4 is 10.6 Å². The lowest BCUT2D eigenvalue weighted by Gasteiger charge is -2.32. The Bertz CT molecular complexity index is 682. The minimum atomic E-state index is -2.26. The van der Waals surface area contributed by atoms with Crippen molar-refractivity contribution in [2.45, 2.75) is 64.3 Å². The quantitative estimate of drug-likeness (QED) is 0.271. The summed E-state index contributed by atoms with van der Waals surface area (Å²) in [6.45, 7) is 6.81. The Labute approximate surface area is 207 Å². The predicted octanol–water partition coefficient (Wildman–Crippen LogP) is 3.78. The molecule has 0 aliphatic carbocycles. The number of halogens is 3. The average Bonchev–Trinajstić information content (AvgIpc) is 2.78. The van der Waals surface area contributed by atoms with Gasteiger partial charge in [-0.1, -0.05) is 24.3 Å². The third-order valence-electron chi connectivity index (χ3n) is 5.73. The molecule has 1 aromatic rings. The lowest BCUT2D eigenvalue weighted by molar-refractivity contribution is -0.0390. The van der Waals surface area contributed by atoms with Crippen molar-refractivity contribution in [2.24, 2.45) is 4.99 Å². The minimum absolute atomic E-state index is 0. The first kappa shape index (κ1) is 27.2. The van der Waals surface area contributed by atoms with Gasteiger partial charge in [0.1, 0.15) is 0 Å². The maximum atomic E-state index is 12.6. The fourth-order valence-corrected chi connectivity index (χ4v) is 4.01. The molecule has 0 spiro atoms. The van der Waals surface area contributed by atoms with Crippen molar-refractivity contribution in [2.75, 3.05) is 39.4 Å². The van der Waals surface area contributed by atoms with Crippen LogP contribution in [0.2, 0.25) is 0 Å². The number of benzene rings is 1. The molecule has 2 aliphatic heterocycles. The number of nitrogens with zero attached hydrogens (tertiary/aromatic N) is 2. The number of likely N-dealkylation sites (tertiary alicyclic amines) is 1. The summed E-state index contributed by atoms with van der Waals surface area (Å²) in [5.41, 5.74) is 2.29.